The third kappa shape index (κ3) is 6.41. The summed E-state index contributed by atoms with van der Waals surface area (Å²) in [6.45, 7) is 12.3. The summed E-state index contributed by atoms with van der Waals surface area (Å²) in [5.41, 5.74) is 4.98. The third-order valence-electron chi connectivity index (χ3n) is 5.51. The van der Waals surface area contributed by atoms with E-state index in [1.165, 1.54) is 0 Å². The minimum atomic E-state index is 0.625. The summed E-state index contributed by atoms with van der Waals surface area (Å²) in [5, 5.41) is 8.00. The van der Waals surface area contributed by atoms with Crippen molar-refractivity contribution in [1.29, 1.82) is 0 Å². The lowest BCUT2D eigenvalue weighted by molar-refractivity contribution is 0.0389. The van der Waals surface area contributed by atoms with Crippen molar-refractivity contribution in [2.45, 2.75) is 38.2 Å². The molecule has 176 valence electrons. The van der Waals surface area contributed by atoms with Crippen LogP contribution in [0.1, 0.15) is 24.1 Å². The number of ether oxygens (including phenoxy) is 1. The lowest BCUT2D eigenvalue weighted by Crippen LogP contribution is -2.42. The Morgan fingerprint density at radius 3 is 2.61 bits per heavy atom. The Hall–Kier alpha value is -2.27. The molecular weight excluding hydrogens is 454 g/mol. The van der Waals surface area contributed by atoms with Crippen molar-refractivity contribution in [1.82, 2.24) is 29.7 Å². The maximum absolute atomic E-state index is 5.49. The number of imidazole rings is 1. The number of aryl methyl sites for hydroxylation is 3. The maximum atomic E-state index is 5.49. The van der Waals surface area contributed by atoms with Crippen LogP contribution in [0.5, 0.6) is 0 Å². The second kappa shape index (κ2) is 11.2. The Morgan fingerprint density at radius 1 is 1.12 bits per heavy atom. The number of nitrogens with zero attached hydrogens (tertiary/aromatic N) is 5. The standard InChI is InChI=1S/C23H31N7OS2/c1-4-30-20-6-5-18(27-22(32)24-7-8-29-9-11-31-12-10-29)14-19(20)28-21(30)15-33-23-25-16(2)13-17(3)26-23/h5-6,13-14H,4,7-12,15H2,1-3H3,(H2,24,27,32). The average Bonchev–Trinajstić information content (AvgIpc) is 3.14. The Labute approximate surface area is 204 Å². The van der Waals surface area contributed by atoms with Crippen LogP contribution in [0.25, 0.3) is 11.0 Å². The number of aromatic nitrogens is 4. The molecule has 0 aliphatic carbocycles. The predicted octanol–water partition coefficient (Wildman–Crippen LogP) is 3.37. The molecule has 1 aliphatic heterocycles. The zero-order chi connectivity index (χ0) is 23.2. The molecule has 3 heterocycles. The van der Waals surface area contributed by atoms with E-state index in [1.54, 1.807) is 11.8 Å². The maximum Gasteiger partial charge on any atom is 0.188 e. The molecule has 0 amide bonds. The molecule has 0 saturated carbocycles. The fourth-order valence-electron chi connectivity index (χ4n) is 3.94. The van der Waals surface area contributed by atoms with Gasteiger partial charge in [0.1, 0.15) is 5.82 Å². The van der Waals surface area contributed by atoms with Crippen LogP contribution in [0.2, 0.25) is 0 Å². The van der Waals surface area contributed by atoms with Gasteiger partial charge in [0.05, 0.1) is 30.0 Å². The summed E-state index contributed by atoms with van der Waals surface area (Å²) < 4.78 is 7.63. The number of anilines is 1. The molecule has 33 heavy (non-hydrogen) atoms. The number of benzene rings is 1. The van der Waals surface area contributed by atoms with E-state index in [9.17, 15) is 0 Å². The van der Waals surface area contributed by atoms with E-state index in [1.807, 2.05) is 19.9 Å². The van der Waals surface area contributed by atoms with Crippen LogP contribution in [0.4, 0.5) is 5.69 Å². The Balaban J connectivity index is 1.38. The molecule has 0 spiro atoms. The quantitative estimate of drug-likeness (QED) is 0.284. The molecule has 1 saturated heterocycles. The molecule has 1 aliphatic rings. The summed E-state index contributed by atoms with van der Waals surface area (Å²) in [6.07, 6.45) is 0. The van der Waals surface area contributed by atoms with Crippen molar-refractivity contribution in [2.24, 2.45) is 0 Å². The van der Waals surface area contributed by atoms with Gasteiger partial charge >= 0.3 is 0 Å². The lowest BCUT2D eigenvalue weighted by Gasteiger charge is -2.26. The highest BCUT2D eigenvalue weighted by atomic mass is 32.2. The van der Waals surface area contributed by atoms with Gasteiger partial charge in [-0.2, -0.15) is 0 Å². The number of morpholine rings is 1. The summed E-state index contributed by atoms with van der Waals surface area (Å²) in [6, 6.07) is 8.20. The van der Waals surface area contributed by atoms with Crippen molar-refractivity contribution in [3.05, 3.63) is 41.5 Å². The molecule has 10 heteroatoms. The van der Waals surface area contributed by atoms with E-state index in [0.717, 1.165) is 90.8 Å². The normalized spacial score (nSPS) is 14.5. The second-order valence-corrected chi connectivity index (χ2v) is 9.38. The average molecular weight is 486 g/mol. The lowest BCUT2D eigenvalue weighted by atomic mass is 10.2. The van der Waals surface area contributed by atoms with Gasteiger partial charge in [-0.05, 0) is 57.3 Å². The topological polar surface area (TPSA) is 80.1 Å². The van der Waals surface area contributed by atoms with E-state index in [4.69, 9.17) is 21.9 Å². The highest BCUT2D eigenvalue weighted by Crippen LogP contribution is 2.25. The molecular formula is C23H31N7OS2. The van der Waals surface area contributed by atoms with Crippen molar-refractivity contribution in [3.63, 3.8) is 0 Å². The highest BCUT2D eigenvalue weighted by molar-refractivity contribution is 7.98. The molecule has 0 bridgehead atoms. The van der Waals surface area contributed by atoms with Crippen molar-refractivity contribution < 1.29 is 4.74 Å². The van der Waals surface area contributed by atoms with Gasteiger partial charge in [-0.25, -0.2) is 15.0 Å². The smallest absolute Gasteiger partial charge is 0.188 e. The van der Waals surface area contributed by atoms with E-state index < -0.39 is 0 Å². The van der Waals surface area contributed by atoms with Gasteiger partial charge < -0.3 is 19.9 Å². The van der Waals surface area contributed by atoms with Crippen LogP contribution in [0.15, 0.2) is 29.4 Å². The Kier molecular flexibility index (Phi) is 8.13. The van der Waals surface area contributed by atoms with Crippen LogP contribution < -0.4 is 10.6 Å². The number of thioether (sulfide) groups is 1. The number of rotatable bonds is 8. The van der Waals surface area contributed by atoms with Gasteiger partial charge in [0.15, 0.2) is 10.3 Å². The Morgan fingerprint density at radius 2 is 1.88 bits per heavy atom. The van der Waals surface area contributed by atoms with Crippen LogP contribution in [-0.2, 0) is 17.0 Å². The zero-order valence-corrected chi connectivity index (χ0v) is 21.1. The molecule has 0 unspecified atom stereocenters. The summed E-state index contributed by atoms with van der Waals surface area (Å²) >= 11 is 7.11. The van der Waals surface area contributed by atoms with E-state index in [2.05, 4.69) is 55.2 Å². The zero-order valence-electron chi connectivity index (χ0n) is 19.4. The summed E-state index contributed by atoms with van der Waals surface area (Å²) in [5.74, 6) is 1.74. The second-order valence-electron chi connectivity index (χ2n) is 8.03. The predicted molar refractivity (Wildman–Crippen MR) is 138 cm³/mol. The first-order valence-electron chi connectivity index (χ1n) is 11.3. The van der Waals surface area contributed by atoms with E-state index in [0.29, 0.717) is 5.11 Å². The first-order valence-corrected chi connectivity index (χ1v) is 12.7. The van der Waals surface area contributed by atoms with Gasteiger partial charge in [0.25, 0.3) is 0 Å². The van der Waals surface area contributed by atoms with E-state index >= 15 is 0 Å². The molecule has 0 radical (unpaired) electrons. The van der Waals surface area contributed by atoms with E-state index in [-0.39, 0.29) is 0 Å². The molecule has 0 atom stereocenters. The van der Waals surface area contributed by atoms with Crippen molar-refractivity contribution in [2.75, 3.05) is 44.7 Å². The van der Waals surface area contributed by atoms with Crippen molar-refractivity contribution >= 4 is 45.8 Å². The van der Waals surface area contributed by atoms with Gasteiger partial charge in [-0.1, -0.05) is 11.8 Å². The molecule has 1 aromatic carbocycles. The molecule has 2 aromatic heterocycles. The van der Waals surface area contributed by atoms with Crippen LogP contribution in [0, 0.1) is 13.8 Å². The molecule has 2 N–H and O–H groups in total. The summed E-state index contributed by atoms with van der Waals surface area (Å²) in [7, 11) is 0. The SMILES string of the molecule is CCn1c(CSc2nc(C)cc(C)n2)nc2cc(NC(=S)NCCN3CCOCC3)ccc21. The van der Waals surface area contributed by atoms with Crippen LogP contribution >= 0.6 is 24.0 Å². The molecule has 1 fully saturated rings. The van der Waals surface area contributed by atoms with Gasteiger partial charge in [-0.15, -0.1) is 0 Å². The molecule has 4 rings (SSSR count). The molecule has 8 nitrogen and oxygen atoms in total. The minimum absolute atomic E-state index is 0.625. The van der Waals surface area contributed by atoms with Crippen LogP contribution in [-0.4, -0.2) is 68.9 Å². The fraction of sp³-hybridized carbons (Fsp3) is 0.478. The Bertz CT molecular complexity index is 1090. The van der Waals surface area contributed by atoms with Gasteiger partial charge in [0, 0.05) is 49.8 Å². The number of hydrogen-bond donors (Lipinski definition) is 2. The first kappa shape index (κ1) is 23.9. The minimum Gasteiger partial charge on any atom is -0.379 e. The molecule has 3 aromatic rings. The van der Waals surface area contributed by atoms with Crippen LogP contribution in [0.3, 0.4) is 0 Å². The van der Waals surface area contributed by atoms with Gasteiger partial charge in [-0.3, -0.25) is 4.90 Å². The number of thiocarbonyl (C=S) groups is 1. The number of hydrogen-bond acceptors (Lipinski definition) is 7. The number of fused-ring (bicyclic) bond motifs is 1. The van der Waals surface area contributed by atoms with Gasteiger partial charge in [0.2, 0.25) is 0 Å². The number of nitrogens with one attached hydrogen (secondary N) is 2. The summed E-state index contributed by atoms with van der Waals surface area (Å²) in [4.78, 5) is 16.3. The van der Waals surface area contributed by atoms with Crippen molar-refractivity contribution in [3.8, 4) is 0 Å². The highest BCUT2D eigenvalue weighted by Gasteiger charge is 2.13. The fourth-order valence-corrected chi connectivity index (χ4v) is 5.05. The monoisotopic (exact) mass is 485 g/mol. The largest absolute Gasteiger partial charge is 0.379 e. The third-order valence-corrected chi connectivity index (χ3v) is 6.60. The first-order chi connectivity index (χ1) is 16.0.